The zero-order valence-corrected chi connectivity index (χ0v) is 13.6. The van der Waals surface area contributed by atoms with E-state index < -0.39 is 0 Å². The molecule has 0 aliphatic heterocycles. The monoisotopic (exact) mass is 333 g/mol. The second kappa shape index (κ2) is 6.42. The number of hydrogen-bond acceptors (Lipinski definition) is 2. The molecule has 0 saturated carbocycles. The topological polar surface area (TPSA) is 35.2 Å². The number of benzene rings is 2. The number of ether oxygens (including phenoxy) is 1. The lowest BCUT2D eigenvalue weighted by molar-refractivity contribution is 0.179. The molecule has 106 valence electrons. The second-order valence-corrected chi connectivity index (χ2v) is 6.14. The lowest BCUT2D eigenvalue weighted by Gasteiger charge is -2.24. The van der Waals surface area contributed by atoms with Crippen LogP contribution in [0, 0.1) is 13.8 Å². The quantitative estimate of drug-likeness (QED) is 0.891. The average molecular weight is 334 g/mol. The zero-order chi connectivity index (χ0) is 14.7. The van der Waals surface area contributed by atoms with Crippen LogP contribution in [-0.2, 0) is 0 Å². The molecule has 0 fully saturated rings. The molecule has 0 heterocycles. The Bertz CT molecular complexity index is 595. The molecule has 2 atom stereocenters. The van der Waals surface area contributed by atoms with Crippen LogP contribution in [0.15, 0.2) is 46.9 Å². The molecular weight excluding hydrogens is 314 g/mol. The van der Waals surface area contributed by atoms with Crippen LogP contribution in [0.2, 0.25) is 0 Å². The number of hydrogen-bond donors (Lipinski definition) is 1. The molecule has 0 saturated heterocycles. The second-order valence-electron chi connectivity index (χ2n) is 5.22. The van der Waals surface area contributed by atoms with Crippen LogP contribution in [0.25, 0.3) is 0 Å². The van der Waals surface area contributed by atoms with Crippen molar-refractivity contribution in [3.63, 3.8) is 0 Å². The third-order valence-electron chi connectivity index (χ3n) is 3.24. The van der Waals surface area contributed by atoms with Crippen molar-refractivity contribution in [1.29, 1.82) is 0 Å². The van der Waals surface area contributed by atoms with Gasteiger partial charge in [-0.1, -0.05) is 45.8 Å². The number of rotatable bonds is 4. The molecule has 0 amide bonds. The van der Waals surface area contributed by atoms with E-state index in [1.54, 1.807) is 0 Å². The molecule has 0 bridgehead atoms. The van der Waals surface area contributed by atoms with E-state index in [9.17, 15) is 0 Å². The van der Waals surface area contributed by atoms with Crippen LogP contribution in [0.3, 0.4) is 0 Å². The summed E-state index contributed by atoms with van der Waals surface area (Å²) >= 11 is 3.49. The van der Waals surface area contributed by atoms with E-state index in [1.165, 1.54) is 5.56 Å². The smallest absolute Gasteiger partial charge is 0.139 e. The van der Waals surface area contributed by atoms with Crippen molar-refractivity contribution in [2.24, 2.45) is 5.73 Å². The Morgan fingerprint density at radius 1 is 1.10 bits per heavy atom. The van der Waals surface area contributed by atoms with E-state index in [-0.39, 0.29) is 12.1 Å². The van der Waals surface area contributed by atoms with Crippen molar-refractivity contribution in [3.05, 3.63) is 63.6 Å². The molecule has 2 rings (SSSR count). The van der Waals surface area contributed by atoms with E-state index in [2.05, 4.69) is 48.0 Å². The normalized spacial score (nSPS) is 13.8. The first-order valence-corrected chi connectivity index (χ1v) is 7.51. The molecule has 0 radical (unpaired) electrons. The van der Waals surface area contributed by atoms with Gasteiger partial charge in [-0.2, -0.15) is 0 Å². The summed E-state index contributed by atoms with van der Waals surface area (Å²) in [7, 11) is 0. The molecular formula is C17H20BrNO. The SMILES string of the molecule is Cc1ccc(OC(c2cccc(Br)c2)C(C)N)c(C)c1. The van der Waals surface area contributed by atoms with Crippen LogP contribution in [-0.4, -0.2) is 6.04 Å². The van der Waals surface area contributed by atoms with Crippen molar-refractivity contribution in [2.45, 2.75) is 32.9 Å². The summed E-state index contributed by atoms with van der Waals surface area (Å²) < 4.78 is 7.19. The van der Waals surface area contributed by atoms with Crippen LogP contribution in [0.1, 0.15) is 29.7 Å². The molecule has 0 spiro atoms. The summed E-state index contributed by atoms with van der Waals surface area (Å²) in [6.45, 7) is 6.10. The van der Waals surface area contributed by atoms with Gasteiger partial charge in [0.1, 0.15) is 11.9 Å². The Balaban J connectivity index is 2.30. The summed E-state index contributed by atoms with van der Waals surface area (Å²) in [5, 5.41) is 0. The third-order valence-corrected chi connectivity index (χ3v) is 3.73. The highest BCUT2D eigenvalue weighted by atomic mass is 79.9. The highest BCUT2D eigenvalue weighted by Gasteiger charge is 2.19. The predicted octanol–water partition coefficient (Wildman–Crippen LogP) is 4.53. The van der Waals surface area contributed by atoms with E-state index in [0.29, 0.717) is 0 Å². The minimum atomic E-state index is -0.158. The van der Waals surface area contributed by atoms with Crippen molar-refractivity contribution in [2.75, 3.05) is 0 Å². The number of aryl methyl sites for hydroxylation is 2. The third kappa shape index (κ3) is 3.62. The molecule has 2 N–H and O–H groups in total. The summed E-state index contributed by atoms with van der Waals surface area (Å²) in [6.07, 6.45) is -0.158. The minimum absolute atomic E-state index is 0.0926. The van der Waals surface area contributed by atoms with Crippen LogP contribution < -0.4 is 10.5 Å². The predicted molar refractivity (Wildman–Crippen MR) is 87.1 cm³/mol. The fourth-order valence-electron chi connectivity index (χ4n) is 2.23. The van der Waals surface area contributed by atoms with Gasteiger partial charge in [0.15, 0.2) is 0 Å². The zero-order valence-electron chi connectivity index (χ0n) is 12.1. The van der Waals surface area contributed by atoms with Gasteiger partial charge in [-0.05, 0) is 50.1 Å². The Hall–Kier alpha value is -1.32. The standard InChI is InChI=1S/C17H20BrNO/c1-11-7-8-16(12(2)9-11)20-17(13(3)19)14-5-4-6-15(18)10-14/h4-10,13,17H,19H2,1-3H3. The van der Waals surface area contributed by atoms with Crippen molar-refractivity contribution >= 4 is 15.9 Å². The Morgan fingerprint density at radius 2 is 1.85 bits per heavy atom. The molecule has 0 aliphatic carbocycles. The molecule has 2 nitrogen and oxygen atoms in total. The molecule has 2 unspecified atom stereocenters. The maximum atomic E-state index is 6.16. The molecule has 0 aromatic heterocycles. The van der Waals surface area contributed by atoms with E-state index in [0.717, 1.165) is 21.3 Å². The lowest BCUT2D eigenvalue weighted by Crippen LogP contribution is -2.29. The van der Waals surface area contributed by atoms with E-state index in [1.807, 2.05) is 31.2 Å². The van der Waals surface area contributed by atoms with Gasteiger partial charge < -0.3 is 10.5 Å². The van der Waals surface area contributed by atoms with Crippen molar-refractivity contribution < 1.29 is 4.74 Å². The van der Waals surface area contributed by atoms with Crippen molar-refractivity contribution in [1.82, 2.24) is 0 Å². The Kier molecular flexibility index (Phi) is 4.84. The highest BCUT2D eigenvalue weighted by Crippen LogP contribution is 2.28. The first-order valence-electron chi connectivity index (χ1n) is 6.72. The maximum absolute atomic E-state index is 6.16. The van der Waals surface area contributed by atoms with Gasteiger partial charge >= 0.3 is 0 Å². The van der Waals surface area contributed by atoms with Gasteiger partial charge in [0.05, 0.1) is 0 Å². The first-order chi connectivity index (χ1) is 9.47. The molecule has 2 aromatic carbocycles. The van der Waals surface area contributed by atoms with Gasteiger partial charge in [-0.3, -0.25) is 0 Å². The number of nitrogens with two attached hydrogens (primary N) is 1. The summed E-state index contributed by atoms with van der Waals surface area (Å²) in [4.78, 5) is 0. The van der Waals surface area contributed by atoms with Gasteiger partial charge in [0.2, 0.25) is 0 Å². The fraction of sp³-hybridized carbons (Fsp3) is 0.294. The lowest BCUT2D eigenvalue weighted by atomic mass is 10.0. The van der Waals surface area contributed by atoms with Gasteiger partial charge in [-0.25, -0.2) is 0 Å². The minimum Gasteiger partial charge on any atom is -0.484 e. The van der Waals surface area contributed by atoms with Crippen molar-refractivity contribution in [3.8, 4) is 5.75 Å². The fourth-order valence-corrected chi connectivity index (χ4v) is 2.65. The molecule has 2 aromatic rings. The van der Waals surface area contributed by atoms with E-state index in [4.69, 9.17) is 10.5 Å². The van der Waals surface area contributed by atoms with Crippen LogP contribution >= 0.6 is 15.9 Å². The first kappa shape index (κ1) is 15.1. The van der Waals surface area contributed by atoms with Gasteiger partial charge in [0, 0.05) is 10.5 Å². The molecule has 0 aliphatic rings. The van der Waals surface area contributed by atoms with Gasteiger partial charge in [-0.15, -0.1) is 0 Å². The molecule has 3 heteroatoms. The maximum Gasteiger partial charge on any atom is 0.139 e. The summed E-state index contributed by atoms with van der Waals surface area (Å²) in [5.74, 6) is 0.887. The highest BCUT2D eigenvalue weighted by molar-refractivity contribution is 9.10. The van der Waals surface area contributed by atoms with E-state index >= 15 is 0 Å². The largest absolute Gasteiger partial charge is 0.484 e. The Morgan fingerprint density at radius 3 is 2.45 bits per heavy atom. The van der Waals surface area contributed by atoms with Gasteiger partial charge in [0.25, 0.3) is 0 Å². The molecule has 20 heavy (non-hydrogen) atoms. The van der Waals surface area contributed by atoms with Crippen LogP contribution in [0.4, 0.5) is 0 Å². The average Bonchev–Trinajstić information content (AvgIpc) is 2.37. The summed E-state index contributed by atoms with van der Waals surface area (Å²) in [5.41, 5.74) is 9.55. The summed E-state index contributed by atoms with van der Waals surface area (Å²) in [6, 6.07) is 14.2. The van der Waals surface area contributed by atoms with Crippen LogP contribution in [0.5, 0.6) is 5.75 Å². The Labute approximate surface area is 129 Å². The number of halogens is 1.